The van der Waals surface area contributed by atoms with Crippen LogP contribution in [-0.2, 0) is 5.41 Å². The average molecular weight is 548 g/mol. The molecule has 0 aliphatic heterocycles. The molecule has 10 rings (SSSR count). The second-order valence-corrected chi connectivity index (χ2v) is 13.2. The number of nitrogens with zero attached hydrogens (tertiary/aromatic N) is 5. The number of pyridine rings is 2. The van der Waals surface area contributed by atoms with Crippen LogP contribution in [0.1, 0.15) is 54.5 Å². The zero-order valence-corrected chi connectivity index (χ0v) is 24.1. The normalized spacial score (nSPS) is 26.4. The van der Waals surface area contributed by atoms with Crippen molar-refractivity contribution < 1.29 is 0 Å². The van der Waals surface area contributed by atoms with Crippen molar-refractivity contribution in [1.29, 1.82) is 0 Å². The first-order valence-electron chi connectivity index (χ1n) is 15.4. The second kappa shape index (κ2) is 8.87. The summed E-state index contributed by atoms with van der Waals surface area (Å²) in [4.78, 5) is 25.5. The minimum atomic E-state index is -0.0467. The molecule has 5 aromatic rings. The summed E-state index contributed by atoms with van der Waals surface area (Å²) in [6, 6.07) is 25.6. The van der Waals surface area contributed by atoms with Gasteiger partial charge in [-0.2, -0.15) is 0 Å². The van der Waals surface area contributed by atoms with Crippen LogP contribution in [0.2, 0.25) is 0 Å². The van der Waals surface area contributed by atoms with E-state index in [1.165, 1.54) is 60.1 Å². The molecule has 4 fully saturated rings. The van der Waals surface area contributed by atoms with E-state index in [1.54, 1.807) is 0 Å². The summed E-state index contributed by atoms with van der Waals surface area (Å²) in [6.45, 7) is 4.20. The van der Waals surface area contributed by atoms with Crippen LogP contribution in [0, 0.1) is 37.5 Å². The lowest BCUT2D eigenvalue weighted by atomic mass is 9.44. The smallest absolute Gasteiger partial charge is 0.182 e. The molecule has 206 valence electrons. The lowest BCUT2D eigenvalue weighted by Gasteiger charge is -2.60. The second-order valence-electron chi connectivity index (χ2n) is 13.2. The molecule has 2 aromatic carbocycles. The van der Waals surface area contributed by atoms with Gasteiger partial charge in [0, 0.05) is 28.3 Å². The monoisotopic (exact) mass is 547 g/mol. The van der Waals surface area contributed by atoms with Gasteiger partial charge in [0.25, 0.3) is 0 Å². The van der Waals surface area contributed by atoms with Crippen molar-refractivity contribution in [2.45, 2.75) is 51.4 Å². The van der Waals surface area contributed by atoms with Gasteiger partial charge in [0.1, 0.15) is 5.69 Å². The summed E-state index contributed by atoms with van der Waals surface area (Å²) in [5.41, 5.74) is 10.1. The largest absolute Gasteiger partial charge is 0.256 e. The minimum absolute atomic E-state index is 0.0467. The zero-order valence-electron chi connectivity index (χ0n) is 24.1. The molecule has 0 amide bonds. The molecule has 4 bridgehead atoms. The van der Waals surface area contributed by atoms with Gasteiger partial charge in [-0.05, 0) is 93.4 Å². The molecule has 5 aliphatic rings. The minimum Gasteiger partial charge on any atom is -0.256 e. The number of aromatic nitrogens is 5. The van der Waals surface area contributed by atoms with Crippen molar-refractivity contribution in [1.82, 2.24) is 24.9 Å². The SMILES string of the molecule is Cc1ccc(-c2nc(-c3ccc(C)cc3)nc(-c3ccc4c(n3)C3(c5cccnc5-4)C4CC5CC(C4)CC3C5)n2)cc1. The van der Waals surface area contributed by atoms with E-state index in [4.69, 9.17) is 24.9 Å². The molecule has 5 nitrogen and oxygen atoms in total. The maximum atomic E-state index is 5.54. The standard InChI is InChI=1S/C37H33N5/c1-21-5-9-25(10-6-21)34-40-35(26-11-7-22(2)8-12-26)42-36(41-34)31-14-13-29-32-30(4-3-15-38-32)37(33(29)39-31)27-17-23-16-24(19-27)20-28(37)18-23/h3-15,23-24,27-28H,16-20H2,1-2H3. The van der Waals surface area contributed by atoms with Crippen molar-refractivity contribution in [3.05, 3.63) is 101 Å². The van der Waals surface area contributed by atoms with Crippen LogP contribution in [0.15, 0.2) is 79.0 Å². The van der Waals surface area contributed by atoms with E-state index in [0.29, 0.717) is 29.3 Å². The molecule has 4 saturated carbocycles. The van der Waals surface area contributed by atoms with Gasteiger partial charge in [-0.25, -0.2) is 19.9 Å². The highest BCUT2D eigenvalue weighted by Crippen LogP contribution is 2.68. The molecule has 0 N–H and O–H groups in total. The first kappa shape index (κ1) is 24.4. The third kappa shape index (κ3) is 3.46. The molecular formula is C37H33N5. The summed E-state index contributed by atoms with van der Waals surface area (Å²) in [5.74, 6) is 4.99. The topological polar surface area (TPSA) is 64.5 Å². The maximum Gasteiger partial charge on any atom is 0.182 e. The van der Waals surface area contributed by atoms with Crippen molar-refractivity contribution in [2.24, 2.45) is 23.7 Å². The Morgan fingerprint density at radius 1 is 0.595 bits per heavy atom. The number of fused-ring (bicyclic) bond motifs is 3. The van der Waals surface area contributed by atoms with E-state index in [9.17, 15) is 0 Å². The van der Waals surface area contributed by atoms with Crippen LogP contribution in [0.5, 0.6) is 0 Å². The van der Waals surface area contributed by atoms with Crippen LogP contribution >= 0.6 is 0 Å². The van der Waals surface area contributed by atoms with Gasteiger partial charge in [-0.15, -0.1) is 0 Å². The molecule has 1 spiro atoms. The van der Waals surface area contributed by atoms with Gasteiger partial charge in [-0.1, -0.05) is 65.7 Å². The predicted molar refractivity (Wildman–Crippen MR) is 164 cm³/mol. The molecule has 42 heavy (non-hydrogen) atoms. The molecule has 0 atom stereocenters. The Balaban J connectivity index is 1.24. The van der Waals surface area contributed by atoms with Gasteiger partial charge >= 0.3 is 0 Å². The number of hydrogen-bond donors (Lipinski definition) is 0. The van der Waals surface area contributed by atoms with E-state index in [-0.39, 0.29) is 5.41 Å². The Bertz CT molecular complexity index is 1770. The van der Waals surface area contributed by atoms with Crippen LogP contribution in [0.4, 0.5) is 0 Å². The van der Waals surface area contributed by atoms with Crippen molar-refractivity contribution in [2.75, 3.05) is 0 Å². The van der Waals surface area contributed by atoms with Crippen molar-refractivity contribution in [3.63, 3.8) is 0 Å². The first-order valence-corrected chi connectivity index (χ1v) is 15.4. The number of hydrogen-bond acceptors (Lipinski definition) is 5. The number of rotatable bonds is 3. The highest BCUT2D eigenvalue weighted by atomic mass is 15.0. The predicted octanol–water partition coefficient (Wildman–Crippen LogP) is 8.00. The van der Waals surface area contributed by atoms with Gasteiger partial charge < -0.3 is 0 Å². The molecule has 0 radical (unpaired) electrons. The lowest BCUT2D eigenvalue weighted by molar-refractivity contribution is -0.0416. The fourth-order valence-corrected chi connectivity index (χ4v) is 9.08. The number of benzene rings is 2. The highest BCUT2D eigenvalue weighted by Gasteiger charge is 2.62. The van der Waals surface area contributed by atoms with Crippen molar-refractivity contribution >= 4 is 0 Å². The van der Waals surface area contributed by atoms with Gasteiger partial charge in [-0.3, -0.25) is 4.98 Å². The van der Waals surface area contributed by atoms with E-state index in [0.717, 1.165) is 34.4 Å². The Labute approximate surface area is 246 Å². The van der Waals surface area contributed by atoms with Gasteiger partial charge in [0.05, 0.1) is 11.4 Å². The molecule has 5 heteroatoms. The first-order chi connectivity index (χ1) is 20.6. The third-order valence-corrected chi connectivity index (χ3v) is 10.7. The molecule has 3 heterocycles. The van der Waals surface area contributed by atoms with Gasteiger partial charge in [0.2, 0.25) is 0 Å². The van der Waals surface area contributed by atoms with Crippen LogP contribution < -0.4 is 0 Å². The Kier molecular flexibility index (Phi) is 5.15. The fourth-order valence-electron chi connectivity index (χ4n) is 9.08. The molecule has 5 aliphatic carbocycles. The fraction of sp³-hybridized carbons (Fsp3) is 0.324. The van der Waals surface area contributed by atoms with E-state index in [1.807, 2.05) is 6.20 Å². The number of aryl methyl sites for hydroxylation is 2. The molecule has 0 unspecified atom stereocenters. The summed E-state index contributed by atoms with van der Waals surface area (Å²) in [5, 5.41) is 0. The summed E-state index contributed by atoms with van der Waals surface area (Å²) < 4.78 is 0. The van der Waals surface area contributed by atoms with Crippen LogP contribution in [0.25, 0.3) is 45.6 Å². The Morgan fingerprint density at radius 2 is 1.17 bits per heavy atom. The molecular weight excluding hydrogens is 514 g/mol. The highest BCUT2D eigenvalue weighted by molar-refractivity contribution is 5.79. The van der Waals surface area contributed by atoms with Crippen molar-refractivity contribution in [3.8, 4) is 45.6 Å². The average Bonchev–Trinajstić information content (AvgIpc) is 3.30. The molecule has 0 saturated heterocycles. The van der Waals surface area contributed by atoms with E-state index in [2.05, 4.69) is 86.6 Å². The quantitative estimate of drug-likeness (QED) is 0.229. The maximum absolute atomic E-state index is 5.54. The Hall–Kier alpha value is -4.25. The summed E-state index contributed by atoms with van der Waals surface area (Å²) >= 11 is 0. The summed E-state index contributed by atoms with van der Waals surface area (Å²) in [7, 11) is 0. The zero-order chi connectivity index (χ0) is 28.0. The van der Waals surface area contributed by atoms with E-state index >= 15 is 0 Å². The van der Waals surface area contributed by atoms with Crippen LogP contribution in [0.3, 0.4) is 0 Å². The van der Waals surface area contributed by atoms with Gasteiger partial charge in [0.15, 0.2) is 17.5 Å². The van der Waals surface area contributed by atoms with E-state index < -0.39 is 0 Å². The summed E-state index contributed by atoms with van der Waals surface area (Å²) in [6.07, 6.45) is 8.62. The van der Waals surface area contributed by atoms with Crippen LogP contribution in [-0.4, -0.2) is 24.9 Å². The Morgan fingerprint density at radius 3 is 1.76 bits per heavy atom. The third-order valence-electron chi connectivity index (χ3n) is 10.7. The lowest BCUT2D eigenvalue weighted by Crippen LogP contribution is -2.55. The molecule has 3 aromatic heterocycles.